The Morgan fingerprint density at radius 1 is 1.08 bits per heavy atom. The Balaban J connectivity index is 1.66. The third-order valence-electron chi connectivity index (χ3n) is 3.89. The number of aryl methyl sites for hydroxylation is 2. The number of aromatic nitrogens is 5. The molecule has 0 aliphatic rings. The van der Waals surface area contributed by atoms with E-state index in [1.165, 1.54) is 17.3 Å². The molecule has 0 unspecified atom stereocenters. The molecule has 8 heteroatoms. The highest BCUT2D eigenvalue weighted by molar-refractivity contribution is 7.98. The average Bonchev–Trinajstić information content (AvgIpc) is 3.35. The minimum atomic E-state index is 0.540. The van der Waals surface area contributed by atoms with Gasteiger partial charge < -0.3 is 8.94 Å². The van der Waals surface area contributed by atoms with E-state index in [4.69, 9.17) is 8.94 Å². The van der Waals surface area contributed by atoms with Crippen molar-refractivity contribution in [2.45, 2.75) is 31.3 Å². The summed E-state index contributed by atoms with van der Waals surface area (Å²) in [6.07, 6.45) is 1.67. The number of benzene rings is 1. The van der Waals surface area contributed by atoms with Gasteiger partial charge in [0.25, 0.3) is 0 Å². The van der Waals surface area contributed by atoms with E-state index in [9.17, 15) is 0 Å². The zero-order chi connectivity index (χ0) is 17.9. The molecule has 0 fully saturated rings. The first-order chi connectivity index (χ1) is 12.7. The van der Waals surface area contributed by atoms with Crippen molar-refractivity contribution in [2.24, 2.45) is 0 Å². The maximum atomic E-state index is 5.44. The summed E-state index contributed by atoms with van der Waals surface area (Å²) in [4.78, 5) is 4.24. The number of rotatable bonds is 6. The lowest BCUT2D eigenvalue weighted by Crippen LogP contribution is -2.04. The second kappa shape index (κ2) is 7.17. The molecule has 0 spiro atoms. The van der Waals surface area contributed by atoms with E-state index in [0.717, 1.165) is 22.3 Å². The fourth-order valence-corrected chi connectivity index (χ4v) is 3.42. The van der Waals surface area contributed by atoms with E-state index in [1.54, 1.807) is 13.2 Å². The molecule has 4 aromatic rings. The second-order valence-corrected chi connectivity index (χ2v) is 6.73. The highest BCUT2D eigenvalue weighted by atomic mass is 32.2. The topological polar surface area (TPSA) is 82.8 Å². The van der Waals surface area contributed by atoms with Crippen LogP contribution < -0.4 is 0 Å². The first-order valence-corrected chi connectivity index (χ1v) is 9.13. The molecule has 0 radical (unpaired) electrons. The van der Waals surface area contributed by atoms with Crippen molar-refractivity contribution in [1.82, 2.24) is 24.9 Å². The van der Waals surface area contributed by atoms with Gasteiger partial charge in [-0.25, -0.2) is 0 Å². The van der Waals surface area contributed by atoms with Crippen LogP contribution in [0.5, 0.6) is 0 Å². The van der Waals surface area contributed by atoms with Crippen molar-refractivity contribution >= 4 is 11.8 Å². The van der Waals surface area contributed by atoms with Gasteiger partial charge in [-0.1, -0.05) is 47.3 Å². The van der Waals surface area contributed by atoms with Crippen LogP contribution in [0.1, 0.15) is 23.0 Å². The Morgan fingerprint density at radius 3 is 2.62 bits per heavy atom. The summed E-state index contributed by atoms with van der Waals surface area (Å²) in [5.74, 6) is 3.34. The van der Waals surface area contributed by atoms with Crippen LogP contribution in [0.2, 0.25) is 0 Å². The zero-order valence-corrected chi connectivity index (χ0v) is 15.2. The van der Waals surface area contributed by atoms with Crippen LogP contribution >= 0.6 is 11.8 Å². The van der Waals surface area contributed by atoms with Gasteiger partial charge in [0.2, 0.25) is 5.89 Å². The molecule has 1 aromatic carbocycles. The van der Waals surface area contributed by atoms with Crippen molar-refractivity contribution in [3.8, 4) is 11.4 Å². The highest BCUT2D eigenvalue weighted by Crippen LogP contribution is 2.29. The van der Waals surface area contributed by atoms with Gasteiger partial charge in [-0.05, 0) is 25.5 Å². The van der Waals surface area contributed by atoms with E-state index in [1.807, 2.05) is 31.2 Å². The van der Waals surface area contributed by atoms with Crippen LogP contribution in [0.15, 0.2) is 56.8 Å². The van der Waals surface area contributed by atoms with E-state index >= 15 is 0 Å². The van der Waals surface area contributed by atoms with E-state index in [-0.39, 0.29) is 0 Å². The molecule has 3 aromatic heterocycles. The first kappa shape index (κ1) is 16.6. The Kier molecular flexibility index (Phi) is 4.57. The highest BCUT2D eigenvalue weighted by Gasteiger charge is 2.18. The summed E-state index contributed by atoms with van der Waals surface area (Å²) in [7, 11) is 0. The third kappa shape index (κ3) is 3.41. The molecular weight excluding hydrogens is 350 g/mol. The summed E-state index contributed by atoms with van der Waals surface area (Å²) in [6.45, 7) is 4.39. The third-order valence-corrected chi connectivity index (χ3v) is 4.85. The minimum absolute atomic E-state index is 0.540. The molecule has 132 valence electrons. The van der Waals surface area contributed by atoms with Gasteiger partial charge in [0.15, 0.2) is 16.8 Å². The van der Waals surface area contributed by atoms with E-state index in [2.05, 4.69) is 37.0 Å². The van der Waals surface area contributed by atoms with Crippen molar-refractivity contribution in [3.05, 3.63) is 65.7 Å². The van der Waals surface area contributed by atoms with Gasteiger partial charge in [0, 0.05) is 0 Å². The van der Waals surface area contributed by atoms with Crippen LogP contribution in [-0.4, -0.2) is 24.9 Å². The second-order valence-electron chi connectivity index (χ2n) is 5.79. The zero-order valence-electron chi connectivity index (χ0n) is 14.4. The van der Waals surface area contributed by atoms with Crippen LogP contribution in [0, 0.1) is 13.8 Å². The quantitative estimate of drug-likeness (QED) is 0.478. The lowest BCUT2D eigenvalue weighted by Gasteiger charge is -2.09. The fraction of sp³-hybridized carbons (Fsp3) is 0.222. The molecule has 0 aliphatic carbocycles. The van der Waals surface area contributed by atoms with Crippen LogP contribution in [0.3, 0.4) is 0 Å². The molecule has 0 aliphatic heterocycles. The summed E-state index contributed by atoms with van der Waals surface area (Å²) in [6, 6.07) is 12.1. The van der Waals surface area contributed by atoms with E-state index < -0.39 is 0 Å². The SMILES string of the molecule is Cc1noc(CSc2nnc(-c3ccoc3C)n2Cc2ccccc2)n1. The molecule has 0 saturated carbocycles. The molecule has 0 atom stereocenters. The molecule has 0 saturated heterocycles. The number of hydrogen-bond donors (Lipinski definition) is 0. The molecule has 3 heterocycles. The first-order valence-electron chi connectivity index (χ1n) is 8.14. The predicted octanol–water partition coefficient (Wildman–Crippen LogP) is 3.88. The van der Waals surface area contributed by atoms with Gasteiger partial charge in [0.05, 0.1) is 24.1 Å². The molecule has 0 amide bonds. The maximum absolute atomic E-state index is 5.44. The fourth-order valence-electron chi connectivity index (χ4n) is 2.65. The van der Waals surface area contributed by atoms with Crippen molar-refractivity contribution in [2.75, 3.05) is 0 Å². The molecule has 0 N–H and O–H groups in total. The summed E-state index contributed by atoms with van der Waals surface area (Å²) < 4.78 is 12.7. The number of nitrogens with zero attached hydrogens (tertiary/aromatic N) is 5. The summed E-state index contributed by atoms with van der Waals surface area (Å²) >= 11 is 1.52. The summed E-state index contributed by atoms with van der Waals surface area (Å²) in [5, 5.41) is 13.4. The molecule has 26 heavy (non-hydrogen) atoms. The normalized spacial score (nSPS) is 11.2. The van der Waals surface area contributed by atoms with E-state index in [0.29, 0.717) is 24.0 Å². The lowest BCUT2D eigenvalue weighted by atomic mass is 10.2. The van der Waals surface area contributed by atoms with Crippen LogP contribution in [0.25, 0.3) is 11.4 Å². The molecule has 0 bridgehead atoms. The molecule has 7 nitrogen and oxygen atoms in total. The van der Waals surface area contributed by atoms with Gasteiger partial charge in [-0.3, -0.25) is 4.57 Å². The number of furan rings is 1. The Morgan fingerprint density at radius 2 is 1.92 bits per heavy atom. The van der Waals surface area contributed by atoms with Crippen molar-refractivity contribution in [3.63, 3.8) is 0 Å². The number of hydrogen-bond acceptors (Lipinski definition) is 7. The summed E-state index contributed by atoms with van der Waals surface area (Å²) in [5.41, 5.74) is 2.11. The largest absolute Gasteiger partial charge is 0.469 e. The Labute approximate surface area is 154 Å². The minimum Gasteiger partial charge on any atom is -0.469 e. The van der Waals surface area contributed by atoms with Gasteiger partial charge >= 0.3 is 0 Å². The standard InChI is InChI=1S/C18H17N5O2S/c1-12-15(8-9-24-12)17-20-21-18(26-11-16-19-13(2)22-25-16)23(17)10-14-6-4-3-5-7-14/h3-9H,10-11H2,1-2H3. The lowest BCUT2D eigenvalue weighted by molar-refractivity contribution is 0.387. The van der Waals surface area contributed by atoms with Crippen LogP contribution in [-0.2, 0) is 12.3 Å². The van der Waals surface area contributed by atoms with Crippen molar-refractivity contribution in [1.29, 1.82) is 0 Å². The van der Waals surface area contributed by atoms with Gasteiger partial charge in [0.1, 0.15) is 5.76 Å². The van der Waals surface area contributed by atoms with Crippen LogP contribution in [0.4, 0.5) is 0 Å². The Bertz CT molecular complexity index is 1010. The maximum Gasteiger partial charge on any atom is 0.237 e. The molecule has 4 rings (SSSR count). The van der Waals surface area contributed by atoms with Crippen molar-refractivity contribution < 1.29 is 8.94 Å². The molecular formula is C18H17N5O2S. The van der Waals surface area contributed by atoms with Gasteiger partial charge in [-0.2, -0.15) is 4.98 Å². The Hall–Kier alpha value is -2.87. The monoisotopic (exact) mass is 367 g/mol. The average molecular weight is 367 g/mol. The predicted molar refractivity (Wildman–Crippen MR) is 96.6 cm³/mol. The smallest absolute Gasteiger partial charge is 0.237 e. The number of thioether (sulfide) groups is 1. The van der Waals surface area contributed by atoms with Gasteiger partial charge in [-0.15, -0.1) is 10.2 Å².